The minimum Gasteiger partial charge on any atom is -0.330 e. The average Bonchev–Trinajstić information content (AvgIpc) is 3.19. The van der Waals surface area contributed by atoms with E-state index < -0.39 is 0 Å². The molecule has 28 heavy (non-hydrogen) atoms. The number of amides is 2. The lowest BCUT2D eigenvalue weighted by Crippen LogP contribution is -2.49. The Balaban J connectivity index is 1.94. The summed E-state index contributed by atoms with van der Waals surface area (Å²) in [7, 11) is 0. The quantitative estimate of drug-likeness (QED) is 0.652. The van der Waals surface area contributed by atoms with Crippen LogP contribution in [0.3, 0.4) is 0 Å². The highest BCUT2D eigenvalue weighted by Gasteiger charge is 2.35. The first kappa shape index (κ1) is 20.9. The number of carbonyl (C=O) groups is 2. The Morgan fingerprint density at radius 1 is 1.29 bits per heavy atom. The third-order valence-electron chi connectivity index (χ3n) is 5.63. The van der Waals surface area contributed by atoms with Crippen LogP contribution in [-0.4, -0.2) is 46.6 Å². The van der Waals surface area contributed by atoms with Crippen molar-refractivity contribution in [2.75, 3.05) is 19.0 Å². The van der Waals surface area contributed by atoms with Gasteiger partial charge in [0.1, 0.15) is 12.4 Å². The smallest absolute Gasteiger partial charge is 0.243 e. The molecule has 0 bridgehead atoms. The zero-order chi connectivity index (χ0) is 20.3. The molecule has 2 heterocycles. The Labute approximate surface area is 176 Å². The highest BCUT2D eigenvalue weighted by Crippen LogP contribution is 2.39. The molecule has 0 spiro atoms. The minimum atomic E-state index is -0.190. The van der Waals surface area contributed by atoms with Gasteiger partial charge in [0.2, 0.25) is 11.8 Å². The van der Waals surface area contributed by atoms with Crippen molar-refractivity contribution in [1.29, 1.82) is 0 Å². The lowest BCUT2D eigenvalue weighted by molar-refractivity contribution is -0.142. The minimum absolute atomic E-state index is 0.0198. The summed E-state index contributed by atoms with van der Waals surface area (Å²) in [6.07, 6.45) is 1.64. The maximum Gasteiger partial charge on any atom is 0.243 e. The second-order valence-electron chi connectivity index (χ2n) is 7.31. The van der Waals surface area contributed by atoms with Gasteiger partial charge in [0.15, 0.2) is 0 Å². The van der Waals surface area contributed by atoms with Gasteiger partial charge in [0.05, 0.1) is 6.04 Å². The summed E-state index contributed by atoms with van der Waals surface area (Å²) in [6.45, 7) is 6.79. The summed E-state index contributed by atoms with van der Waals surface area (Å²) in [4.78, 5) is 30.6. The molecule has 0 radical (unpaired) electrons. The normalized spacial score (nSPS) is 17.1. The lowest BCUT2D eigenvalue weighted by atomic mass is 9.90. The number of carbonyl (C=O) groups excluding carboxylic acids is 2. The molecule has 3 rings (SSSR count). The highest BCUT2D eigenvalue weighted by atomic mass is 35.5. The van der Waals surface area contributed by atoms with Crippen molar-refractivity contribution in [2.24, 2.45) is 0 Å². The molecule has 150 valence electrons. The number of rotatable bonds is 6. The Morgan fingerprint density at radius 3 is 2.71 bits per heavy atom. The number of hydrogen-bond acceptors (Lipinski definition) is 3. The number of fused-ring (bicyclic) bond motifs is 1. The first-order valence-corrected chi connectivity index (χ1v) is 11.2. The molecular weight excluding hydrogens is 392 g/mol. The number of hydrogen-bond donors (Lipinski definition) is 0. The molecule has 0 N–H and O–H groups in total. The van der Waals surface area contributed by atoms with Gasteiger partial charge in [-0.2, -0.15) is 0 Å². The molecule has 0 aliphatic carbocycles. The fourth-order valence-corrected chi connectivity index (χ4v) is 4.89. The van der Waals surface area contributed by atoms with Crippen molar-refractivity contribution in [2.45, 2.75) is 45.7 Å². The largest absolute Gasteiger partial charge is 0.330 e. The van der Waals surface area contributed by atoms with E-state index in [1.54, 1.807) is 16.2 Å². The molecule has 2 aromatic rings. The topological polar surface area (TPSA) is 40.6 Å². The van der Waals surface area contributed by atoms with Crippen molar-refractivity contribution in [3.05, 3.63) is 57.3 Å². The number of thiophene rings is 1. The van der Waals surface area contributed by atoms with Gasteiger partial charge in [-0.05, 0) is 54.8 Å². The number of benzene rings is 1. The standard InChI is InChI=1S/C22H27ClN2O2S/c1-4-16(3)25(20(26)13-23)14-21(27)24-11-9-19-18(10-12-28-19)22(24)17-8-6-5-7-15(17)2/h5-8,10,12,16,22H,4,9,11,13-14H2,1-3H3/t16-,22+/m0/s1. The Morgan fingerprint density at radius 2 is 2.04 bits per heavy atom. The van der Waals surface area contributed by atoms with Crippen molar-refractivity contribution in [3.63, 3.8) is 0 Å². The molecule has 2 amide bonds. The fraction of sp³-hybridized carbons (Fsp3) is 0.455. The number of nitrogens with zero attached hydrogens (tertiary/aromatic N) is 2. The highest BCUT2D eigenvalue weighted by molar-refractivity contribution is 7.10. The lowest BCUT2D eigenvalue weighted by Gasteiger charge is -2.39. The van der Waals surface area contributed by atoms with E-state index in [9.17, 15) is 9.59 Å². The molecule has 4 nitrogen and oxygen atoms in total. The van der Waals surface area contributed by atoms with Crippen LogP contribution in [0.25, 0.3) is 0 Å². The van der Waals surface area contributed by atoms with Gasteiger partial charge in [-0.25, -0.2) is 0 Å². The van der Waals surface area contributed by atoms with E-state index in [4.69, 9.17) is 11.6 Å². The number of halogens is 1. The SMILES string of the molecule is CC[C@H](C)N(CC(=O)N1CCc2sccc2[C@H]1c1ccccc1C)C(=O)CCl. The van der Waals surface area contributed by atoms with E-state index >= 15 is 0 Å². The van der Waals surface area contributed by atoms with Gasteiger partial charge < -0.3 is 9.80 Å². The molecule has 0 fully saturated rings. The molecule has 1 aliphatic heterocycles. The predicted octanol–water partition coefficient (Wildman–Crippen LogP) is 4.40. The molecule has 1 aliphatic rings. The van der Waals surface area contributed by atoms with Crippen LogP contribution in [0.2, 0.25) is 0 Å². The van der Waals surface area contributed by atoms with Crippen molar-refractivity contribution in [1.82, 2.24) is 9.80 Å². The van der Waals surface area contributed by atoms with E-state index in [-0.39, 0.29) is 36.3 Å². The van der Waals surface area contributed by atoms with Gasteiger partial charge in [0.25, 0.3) is 0 Å². The zero-order valence-corrected chi connectivity index (χ0v) is 18.2. The van der Waals surface area contributed by atoms with Crippen LogP contribution in [-0.2, 0) is 16.0 Å². The second kappa shape index (κ2) is 9.10. The molecular formula is C22H27ClN2O2S. The number of aryl methyl sites for hydroxylation is 1. The van der Waals surface area contributed by atoms with Gasteiger partial charge in [-0.15, -0.1) is 22.9 Å². The molecule has 6 heteroatoms. The number of alkyl halides is 1. The van der Waals surface area contributed by atoms with E-state index in [1.165, 1.54) is 16.0 Å². The maximum absolute atomic E-state index is 13.4. The third kappa shape index (κ3) is 4.11. The summed E-state index contributed by atoms with van der Waals surface area (Å²) < 4.78 is 0. The summed E-state index contributed by atoms with van der Waals surface area (Å²) >= 11 is 7.55. The molecule has 0 saturated heterocycles. The molecule has 2 atom stereocenters. The monoisotopic (exact) mass is 418 g/mol. The van der Waals surface area contributed by atoms with Crippen LogP contribution in [0.5, 0.6) is 0 Å². The van der Waals surface area contributed by atoms with Gasteiger partial charge in [-0.3, -0.25) is 9.59 Å². The average molecular weight is 419 g/mol. The van der Waals surface area contributed by atoms with Crippen LogP contribution in [0.4, 0.5) is 0 Å². The third-order valence-corrected chi connectivity index (χ3v) is 6.86. The van der Waals surface area contributed by atoms with Crippen LogP contribution in [0.1, 0.15) is 47.9 Å². The fourth-order valence-electron chi connectivity index (χ4n) is 3.84. The Bertz CT molecular complexity index is 851. The zero-order valence-electron chi connectivity index (χ0n) is 16.7. The molecule has 1 aromatic heterocycles. The van der Waals surface area contributed by atoms with Crippen LogP contribution < -0.4 is 0 Å². The van der Waals surface area contributed by atoms with E-state index in [1.807, 2.05) is 30.9 Å². The maximum atomic E-state index is 13.4. The predicted molar refractivity (Wildman–Crippen MR) is 115 cm³/mol. The van der Waals surface area contributed by atoms with Crippen molar-refractivity contribution >= 4 is 34.8 Å². The molecule has 0 unspecified atom stereocenters. The van der Waals surface area contributed by atoms with E-state index in [0.717, 1.165) is 18.4 Å². The van der Waals surface area contributed by atoms with Crippen molar-refractivity contribution in [3.8, 4) is 0 Å². The van der Waals surface area contributed by atoms with E-state index in [0.29, 0.717) is 6.54 Å². The Kier molecular flexibility index (Phi) is 6.78. The van der Waals surface area contributed by atoms with Crippen LogP contribution in [0.15, 0.2) is 35.7 Å². The van der Waals surface area contributed by atoms with Crippen LogP contribution in [0, 0.1) is 6.92 Å². The second-order valence-corrected chi connectivity index (χ2v) is 8.58. The van der Waals surface area contributed by atoms with Crippen LogP contribution >= 0.6 is 22.9 Å². The summed E-state index contributed by atoms with van der Waals surface area (Å²) in [6, 6.07) is 10.2. The molecule has 0 saturated carbocycles. The van der Waals surface area contributed by atoms with Gasteiger partial charge >= 0.3 is 0 Å². The van der Waals surface area contributed by atoms with Gasteiger partial charge in [0, 0.05) is 17.5 Å². The molecule has 1 aromatic carbocycles. The summed E-state index contributed by atoms with van der Waals surface area (Å²) in [5.74, 6) is -0.318. The Hall–Kier alpha value is -1.85. The van der Waals surface area contributed by atoms with E-state index in [2.05, 4.69) is 30.5 Å². The first-order valence-electron chi connectivity index (χ1n) is 9.74. The summed E-state index contributed by atoms with van der Waals surface area (Å²) in [5, 5.41) is 2.10. The summed E-state index contributed by atoms with van der Waals surface area (Å²) in [5.41, 5.74) is 3.52. The van der Waals surface area contributed by atoms with Gasteiger partial charge in [-0.1, -0.05) is 31.2 Å². The first-order chi connectivity index (χ1) is 13.5. The van der Waals surface area contributed by atoms with Crippen molar-refractivity contribution < 1.29 is 9.59 Å².